The zero-order chi connectivity index (χ0) is 24.9. The van der Waals surface area contributed by atoms with E-state index >= 15 is 0 Å². The van der Waals surface area contributed by atoms with Crippen LogP contribution in [0, 0.1) is 10.6 Å². The Morgan fingerprint density at radius 1 is 1.11 bits per heavy atom. The van der Waals surface area contributed by atoms with Gasteiger partial charge in [-0.3, -0.25) is 0 Å². The molecule has 182 valence electrons. The van der Waals surface area contributed by atoms with Gasteiger partial charge in [0.25, 0.3) is 0 Å². The number of para-hydroxylation sites is 1. The van der Waals surface area contributed by atoms with Gasteiger partial charge >= 0.3 is 0 Å². The molecule has 0 amide bonds. The van der Waals surface area contributed by atoms with Gasteiger partial charge in [-0.25, -0.2) is 14.2 Å². The van der Waals surface area contributed by atoms with E-state index in [2.05, 4.69) is 31.6 Å². The maximum absolute atomic E-state index is 13.4. The Morgan fingerprint density at radius 2 is 1.89 bits per heavy atom. The van der Waals surface area contributed by atoms with E-state index in [1.165, 1.54) is 12.1 Å². The Balaban J connectivity index is 1.64. The fourth-order valence-electron chi connectivity index (χ4n) is 3.47. The molecule has 4 rings (SSSR count). The number of halogens is 3. The lowest BCUT2D eigenvalue weighted by Crippen LogP contribution is -2.17. The first-order valence-corrected chi connectivity index (χ1v) is 12.0. The van der Waals surface area contributed by atoms with E-state index in [1.807, 2.05) is 30.3 Å². The molecular formula is C24H21BrClFN4O3S. The summed E-state index contributed by atoms with van der Waals surface area (Å²) in [6.07, 6.45) is 0. The van der Waals surface area contributed by atoms with Crippen molar-refractivity contribution in [1.29, 1.82) is 0 Å². The van der Waals surface area contributed by atoms with Crippen molar-refractivity contribution in [3.63, 3.8) is 0 Å². The van der Waals surface area contributed by atoms with E-state index in [0.717, 1.165) is 15.6 Å². The lowest BCUT2D eigenvalue weighted by atomic mass is 10.1. The van der Waals surface area contributed by atoms with Gasteiger partial charge in [-0.2, -0.15) is 5.10 Å². The fraction of sp³-hybridized carbons (Fsp3) is 0.167. The standard InChI is InChI=1S/C24H21BrClFN4O3S/c1-32-20-6-4-3-5-16(20)23-29-30-24(35)31(23)28-12-17-18(25)9-10-21(33-2)22(17)34-13-14-7-8-15(27)11-19(14)26/h3-11,28H,12-13H2,1-2H3,(H,30,35). The summed E-state index contributed by atoms with van der Waals surface area (Å²) in [7, 11) is 3.16. The molecule has 0 aliphatic rings. The molecule has 0 aliphatic carbocycles. The predicted octanol–water partition coefficient (Wildman–Crippen LogP) is 6.50. The SMILES string of the molecule is COc1ccccc1-c1n[nH]c(=S)n1NCc1c(Br)ccc(OC)c1OCc1ccc(F)cc1Cl. The molecule has 0 saturated carbocycles. The Hall–Kier alpha value is -3.08. The third kappa shape index (κ3) is 5.44. The van der Waals surface area contributed by atoms with Crippen LogP contribution in [0.1, 0.15) is 11.1 Å². The first-order valence-electron chi connectivity index (χ1n) is 10.4. The molecule has 0 saturated heterocycles. The van der Waals surface area contributed by atoms with Crippen LogP contribution in [0.25, 0.3) is 11.4 Å². The van der Waals surface area contributed by atoms with Gasteiger partial charge in [0.05, 0.1) is 31.4 Å². The van der Waals surface area contributed by atoms with Gasteiger partial charge in [-0.05, 0) is 48.6 Å². The maximum atomic E-state index is 13.4. The molecule has 0 spiro atoms. The lowest BCUT2D eigenvalue weighted by Gasteiger charge is -2.19. The predicted molar refractivity (Wildman–Crippen MR) is 139 cm³/mol. The number of hydrogen-bond acceptors (Lipinski definition) is 6. The zero-order valence-corrected chi connectivity index (χ0v) is 21.9. The van der Waals surface area contributed by atoms with Crippen molar-refractivity contribution in [2.45, 2.75) is 13.2 Å². The summed E-state index contributed by atoms with van der Waals surface area (Å²) in [5.74, 6) is 1.85. The number of ether oxygens (including phenoxy) is 3. The number of methoxy groups -OCH3 is 2. The monoisotopic (exact) mass is 578 g/mol. The number of aromatic nitrogens is 3. The molecule has 1 aromatic heterocycles. The van der Waals surface area contributed by atoms with E-state index < -0.39 is 5.82 Å². The average Bonchev–Trinajstić information content (AvgIpc) is 3.22. The molecule has 0 atom stereocenters. The summed E-state index contributed by atoms with van der Waals surface area (Å²) < 4.78 is 33.4. The summed E-state index contributed by atoms with van der Waals surface area (Å²) in [6, 6.07) is 15.3. The zero-order valence-electron chi connectivity index (χ0n) is 18.8. The highest BCUT2D eigenvalue weighted by molar-refractivity contribution is 9.10. The van der Waals surface area contributed by atoms with Crippen molar-refractivity contribution in [3.05, 3.63) is 85.8 Å². The fourth-order valence-corrected chi connectivity index (χ4v) is 4.34. The summed E-state index contributed by atoms with van der Waals surface area (Å²) in [4.78, 5) is 0. The van der Waals surface area contributed by atoms with Crippen LogP contribution in [0.3, 0.4) is 0 Å². The van der Waals surface area contributed by atoms with E-state index in [1.54, 1.807) is 31.0 Å². The van der Waals surface area contributed by atoms with Crippen LogP contribution in [-0.2, 0) is 13.2 Å². The van der Waals surface area contributed by atoms with Gasteiger partial charge in [0.1, 0.15) is 18.2 Å². The molecule has 1 heterocycles. The van der Waals surface area contributed by atoms with Crippen molar-refractivity contribution in [1.82, 2.24) is 14.9 Å². The first kappa shape index (κ1) is 25.0. The highest BCUT2D eigenvalue weighted by Gasteiger charge is 2.18. The number of H-pyrrole nitrogens is 1. The molecule has 35 heavy (non-hydrogen) atoms. The van der Waals surface area contributed by atoms with E-state index in [0.29, 0.717) is 40.0 Å². The second-order valence-electron chi connectivity index (χ2n) is 7.30. The Kier molecular flexibility index (Phi) is 7.94. The molecule has 11 heteroatoms. The minimum Gasteiger partial charge on any atom is -0.496 e. The van der Waals surface area contributed by atoms with Gasteiger partial charge in [0.2, 0.25) is 4.77 Å². The number of nitrogens with one attached hydrogen (secondary N) is 2. The van der Waals surface area contributed by atoms with Crippen LogP contribution in [0.4, 0.5) is 4.39 Å². The average molecular weight is 580 g/mol. The van der Waals surface area contributed by atoms with Crippen LogP contribution in [-0.4, -0.2) is 29.1 Å². The molecule has 7 nitrogen and oxygen atoms in total. The second kappa shape index (κ2) is 11.1. The molecule has 0 unspecified atom stereocenters. The number of hydrogen-bond donors (Lipinski definition) is 2. The minimum absolute atomic E-state index is 0.122. The maximum Gasteiger partial charge on any atom is 0.214 e. The smallest absolute Gasteiger partial charge is 0.214 e. The van der Waals surface area contributed by atoms with E-state index in [9.17, 15) is 4.39 Å². The molecule has 0 fully saturated rings. The highest BCUT2D eigenvalue weighted by Crippen LogP contribution is 2.37. The summed E-state index contributed by atoms with van der Waals surface area (Å²) >= 11 is 15.2. The quantitative estimate of drug-likeness (QED) is 0.221. The minimum atomic E-state index is -0.411. The summed E-state index contributed by atoms with van der Waals surface area (Å²) in [5.41, 5.74) is 5.48. The third-order valence-corrected chi connectivity index (χ3v) is 6.58. The molecular weight excluding hydrogens is 559 g/mol. The molecule has 4 aromatic rings. The Bertz CT molecular complexity index is 1410. The Morgan fingerprint density at radius 3 is 2.63 bits per heavy atom. The molecule has 0 aliphatic heterocycles. The number of aromatic amines is 1. The first-order chi connectivity index (χ1) is 16.9. The van der Waals surface area contributed by atoms with E-state index in [-0.39, 0.29) is 11.6 Å². The second-order valence-corrected chi connectivity index (χ2v) is 8.95. The topological polar surface area (TPSA) is 73.3 Å². The van der Waals surface area contributed by atoms with Crippen LogP contribution in [0.2, 0.25) is 5.02 Å². The van der Waals surface area contributed by atoms with Gasteiger partial charge in [-0.15, -0.1) is 0 Å². The molecule has 0 bridgehead atoms. The van der Waals surface area contributed by atoms with Crippen molar-refractivity contribution < 1.29 is 18.6 Å². The van der Waals surface area contributed by atoms with Crippen molar-refractivity contribution in [2.75, 3.05) is 19.6 Å². The molecule has 2 N–H and O–H groups in total. The highest BCUT2D eigenvalue weighted by atomic mass is 79.9. The van der Waals surface area contributed by atoms with Crippen molar-refractivity contribution in [2.24, 2.45) is 0 Å². The van der Waals surface area contributed by atoms with Gasteiger partial charge in [-0.1, -0.05) is 45.7 Å². The Labute approximate surface area is 219 Å². The van der Waals surface area contributed by atoms with Crippen molar-refractivity contribution in [3.8, 4) is 28.6 Å². The van der Waals surface area contributed by atoms with E-state index in [4.69, 9.17) is 38.0 Å². The molecule has 0 radical (unpaired) electrons. The van der Waals surface area contributed by atoms with Crippen LogP contribution >= 0.6 is 39.7 Å². The largest absolute Gasteiger partial charge is 0.496 e. The van der Waals surface area contributed by atoms with Gasteiger partial charge in [0, 0.05) is 15.6 Å². The van der Waals surface area contributed by atoms with Crippen LogP contribution in [0.15, 0.2) is 59.1 Å². The summed E-state index contributed by atoms with van der Waals surface area (Å²) in [6.45, 7) is 0.427. The van der Waals surface area contributed by atoms with Crippen LogP contribution < -0.4 is 19.6 Å². The third-order valence-electron chi connectivity index (χ3n) is 5.21. The molecule has 3 aromatic carbocycles. The number of benzene rings is 3. The van der Waals surface area contributed by atoms with Gasteiger partial charge < -0.3 is 19.6 Å². The van der Waals surface area contributed by atoms with Gasteiger partial charge in [0.15, 0.2) is 17.3 Å². The number of rotatable bonds is 9. The van der Waals surface area contributed by atoms with Crippen molar-refractivity contribution >= 4 is 39.7 Å². The normalized spacial score (nSPS) is 10.8. The number of nitrogens with zero attached hydrogens (tertiary/aromatic N) is 2. The lowest BCUT2D eigenvalue weighted by molar-refractivity contribution is 0.281. The van der Waals surface area contributed by atoms with Crippen LogP contribution in [0.5, 0.6) is 17.2 Å². The summed E-state index contributed by atoms with van der Waals surface area (Å²) in [5, 5.41) is 7.47.